The van der Waals surface area contributed by atoms with Gasteiger partial charge in [0.15, 0.2) is 0 Å². The van der Waals surface area contributed by atoms with Gasteiger partial charge in [0.2, 0.25) is 0 Å². The standard InChI is InChI=1S/C16H16F2/c1-10-4-6-13(7-5-10)15-9-16(18)11(2)8-14(15)12(3)17/h4-9,12H,1-3H3. The zero-order valence-electron chi connectivity index (χ0n) is 10.8. The fourth-order valence-electron chi connectivity index (χ4n) is 2.02. The summed E-state index contributed by atoms with van der Waals surface area (Å²) in [7, 11) is 0. The Morgan fingerprint density at radius 3 is 2.17 bits per heavy atom. The summed E-state index contributed by atoms with van der Waals surface area (Å²) >= 11 is 0. The molecule has 2 rings (SSSR count). The molecule has 0 aliphatic heterocycles. The summed E-state index contributed by atoms with van der Waals surface area (Å²) in [6.45, 7) is 5.11. The van der Waals surface area contributed by atoms with Crippen LogP contribution in [-0.4, -0.2) is 0 Å². The molecule has 2 aromatic carbocycles. The Hall–Kier alpha value is -1.70. The minimum Gasteiger partial charge on any atom is -0.243 e. The third-order valence-corrected chi connectivity index (χ3v) is 3.12. The molecule has 0 nitrogen and oxygen atoms in total. The zero-order valence-corrected chi connectivity index (χ0v) is 10.8. The van der Waals surface area contributed by atoms with Crippen molar-refractivity contribution in [2.75, 3.05) is 0 Å². The van der Waals surface area contributed by atoms with E-state index in [9.17, 15) is 8.78 Å². The lowest BCUT2D eigenvalue weighted by molar-refractivity contribution is 0.374. The van der Waals surface area contributed by atoms with E-state index in [0.29, 0.717) is 16.7 Å². The first-order valence-electron chi connectivity index (χ1n) is 6.00. The number of hydrogen-bond donors (Lipinski definition) is 0. The first-order valence-corrected chi connectivity index (χ1v) is 6.00. The van der Waals surface area contributed by atoms with Crippen LogP contribution in [-0.2, 0) is 0 Å². The van der Waals surface area contributed by atoms with Gasteiger partial charge in [-0.05, 0) is 55.2 Å². The predicted octanol–water partition coefficient (Wildman–Crippen LogP) is 5.14. The van der Waals surface area contributed by atoms with Crippen molar-refractivity contribution < 1.29 is 8.78 Å². The Morgan fingerprint density at radius 2 is 1.61 bits per heavy atom. The van der Waals surface area contributed by atoms with Gasteiger partial charge in [-0.2, -0.15) is 0 Å². The molecule has 0 spiro atoms. The third-order valence-electron chi connectivity index (χ3n) is 3.12. The molecule has 1 unspecified atom stereocenters. The molecule has 0 amide bonds. The molecule has 0 saturated heterocycles. The van der Waals surface area contributed by atoms with Crippen LogP contribution in [0.4, 0.5) is 8.78 Å². The highest BCUT2D eigenvalue weighted by Gasteiger charge is 2.14. The van der Waals surface area contributed by atoms with E-state index in [-0.39, 0.29) is 5.82 Å². The molecule has 0 radical (unpaired) electrons. The van der Waals surface area contributed by atoms with Crippen LogP contribution in [0.25, 0.3) is 11.1 Å². The molecule has 0 aliphatic carbocycles. The SMILES string of the molecule is Cc1ccc(-c2cc(F)c(C)cc2C(C)F)cc1. The van der Waals surface area contributed by atoms with Crippen molar-refractivity contribution in [1.29, 1.82) is 0 Å². The molecule has 0 bridgehead atoms. The predicted molar refractivity (Wildman–Crippen MR) is 70.8 cm³/mol. The molecular weight excluding hydrogens is 230 g/mol. The zero-order chi connectivity index (χ0) is 13.3. The quantitative estimate of drug-likeness (QED) is 0.688. The van der Waals surface area contributed by atoms with Crippen molar-refractivity contribution in [1.82, 2.24) is 0 Å². The number of benzene rings is 2. The largest absolute Gasteiger partial charge is 0.243 e. The van der Waals surface area contributed by atoms with Gasteiger partial charge in [0, 0.05) is 0 Å². The molecule has 0 heterocycles. The number of aryl methyl sites for hydroxylation is 2. The normalized spacial score (nSPS) is 12.5. The van der Waals surface area contributed by atoms with Gasteiger partial charge >= 0.3 is 0 Å². The summed E-state index contributed by atoms with van der Waals surface area (Å²) in [6, 6.07) is 10.7. The van der Waals surface area contributed by atoms with Gasteiger partial charge in [0.25, 0.3) is 0 Å². The van der Waals surface area contributed by atoms with Gasteiger partial charge in [-0.25, -0.2) is 8.78 Å². The fourth-order valence-corrected chi connectivity index (χ4v) is 2.02. The van der Waals surface area contributed by atoms with Gasteiger partial charge in [0.05, 0.1) is 0 Å². The average molecular weight is 246 g/mol. The lowest BCUT2D eigenvalue weighted by Gasteiger charge is -2.13. The van der Waals surface area contributed by atoms with Gasteiger partial charge in [0.1, 0.15) is 12.0 Å². The molecule has 0 fully saturated rings. The smallest absolute Gasteiger partial charge is 0.126 e. The van der Waals surface area contributed by atoms with E-state index in [4.69, 9.17) is 0 Å². The Morgan fingerprint density at radius 1 is 1.00 bits per heavy atom. The van der Waals surface area contributed by atoms with Crippen molar-refractivity contribution >= 4 is 0 Å². The second-order valence-corrected chi connectivity index (χ2v) is 4.67. The van der Waals surface area contributed by atoms with Crippen molar-refractivity contribution in [3.8, 4) is 11.1 Å². The molecular formula is C16H16F2. The molecule has 1 atom stereocenters. The highest BCUT2D eigenvalue weighted by molar-refractivity contribution is 5.68. The van der Waals surface area contributed by atoms with Crippen molar-refractivity contribution in [3.05, 3.63) is 58.9 Å². The Balaban J connectivity index is 2.62. The molecule has 0 aromatic heterocycles. The lowest BCUT2D eigenvalue weighted by atomic mass is 9.94. The summed E-state index contributed by atoms with van der Waals surface area (Å²) in [6.07, 6.45) is -1.11. The molecule has 94 valence electrons. The van der Waals surface area contributed by atoms with Crippen LogP contribution in [0.1, 0.15) is 29.8 Å². The van der Waals surface area contributed by atoms with Crippen LogP contribution in [0.3, 0.4) is 0 Å². The van der Waals surface area contributed by atoms with E-state index < -0.39 is 6.17 Å². The monoisotopic (exact) mass is 246 g/mol. The maximum Gasteiger partial charge on any atom is 0.126 e. The topological polar surface area (TPSA) is 0 Å². The van der Waals surface area contributed by atoms with E-state index in [2.05, 4.69) is 0 Å². The van der Waals surface area contributed by atoms with Crippen molar-refractivity contribution in [2.24, 2.45) is 0 Å². The highest BCUT2D eigenvalue weighted by Crippen LogP contribution is 2.32. The van der Waals surface area contributed by atoms with Crippen LogP contribution in [0.15, 0.2) is 36.4 Å². The number of hydrogen-bond acceptors (Lipinski definition) is 0. The molecule has 2 aromatic rings. The van der Waals surface area contributed by atoms with E-state index in [1.807, 2.05) is 31.2 Å². The minimum absolute atomic E-state index is 0.296. The fraction of sp³-hybridized carbons (Fsp3) is 0.250. The first-order chi connectivity index (χ1) is 8.49. The van der Waals surface area contributed by atoms with Crippen LogP contribution < -0.4 is 0 Å². The Labute approximate surface area is 106 Å². The van der Waals surface area contributed by atoms with Gasteiger partial charge in [-0.1, -0.05) is 29.8 Å². The third kappa shape index (κ3) is 2.42. The highest BCUT2D eigenvalue weighted by atomic mass is 19.1. The summed E-state index contributed by atoms with van der Waals surface area (Å²) in [5, 5.41) is 0. The van der Waals surface area contributed by atoms with Crippen molar-refractivity contribution in [3.63, 3.8) is 0 Å². The van der Waals surface area contributed by atoms with Crippen LogP contribution in [0, 0.1) is 19.7 Å². The van der Waals surface area contributed by atoms with Crippen LogP contribution >= 0.6 is 0 Å². The van der Waals surface area contributed by atoms with E-state index in [1.165, 1.54) is 13.0 Å². The number of rotatable bonds is 2. The molecule has 18 heavy (non-hydrogen) atoms. The van der Waals surface area contributed by atoms with Crippen LogP contribution in [0.2, 0.25) is 0 Å². The summed E-state index contributed by atoms with van der Waals surface area (Å²) in [5.74, 6) is -0.296. The lowest BCUT2D eigenvalue weighted by Crippen LogP contribution is -1.95. The molecule has 0 N–H and O–H groups in total. The van der Waals surface area contributed by atoms with Gasteiger partial charge < -0.3 is 0 Å². The van der Waals surface area contributed by atoms with Gasteiger partial charge in [-0.15, -0.1) is 0 Å². The molecule has 0 aliphatic rings. The maximum absolute atomic E-state index is 13.7. The first kappa shape index (κ1) is 12.7. The van der Waals surface area contributed by atoms with Gasteiger partial charge in [-0.3, -0.25) is 0 Å². The van der Waals surface area contributed by atoms with E-state index in [0.717, 1.165) is 11.1 Å². The molecule has 2 heteroatoms. The Bertz CT molecular complexity index is 554. The van der Waals surface area contributed by atoms with E-state index in [1.54, 1.807) is 13.0 Å². The number of halogens is 2. The second-order valence-electron chi connectivity index (χ2n) is 4.67. The Kier molecular flexibility index (Phi) is 3.46. The summed E-state index contributed by atoms with van der Waals surface area (Å²) < 4.78 is 27.3. The molecule has 0 saturated carbocycles. The van der Waals surface area contributed by atoms with E-state index >= 15 is 0 Å². The minimum atomic E-state index is -1.11. The summed E-state index contributed by atoms with van der Waals surface area (Å²) in [4.78, 5) is 0. The maximum atomic E-state index is 13.7. The van der Waals surface area contributed by atoms with Crippen LogP contribution in [0.5, 0.6) is 0 Å². The number of alkyl halides is 1. The summed E-state index contributed by atoms with van der Waals surface area (Å²) in [5.41, 5.74) is 3.62. The van der Waals surface area contributed by atoms with Crippen molar-refractivity contribution in [2.45, 2.75) is 26.9 Å². The second kappa shape index (κ2) is 4.89. The average Bonchev–Trinajstić information content (AvgIpc) is 2.33.